The number of carbonyl (C=O) groups excluding carboxylic acids is 3. The summed E-state index contributed by atoms with van der Waals surface area (Å²) in [6, 6.07) is 5.91. The van der Waals surface area contributed by atoms with Gasteiger partial charge in [-0.3, -0.25) is 18.0 Å². The Bertz CT molecular complexity index is 711. The Hall–Kier alpha value is -1.88. The molecule has 8 nitrogen and oxygen atoms in total. The molecule has 1 heterocycles. The number of hydroxylamine groups is 2. The summed E-state index contributed by atoms with van der Waals surface area (Å²) in [4.78, 5) is 39.4. The molecular formula is C13H13NO7S2. The zero-order valence-electron chi connectivity index (χ0n) is 12.1. The number of hydrogen-bond acceptors (Lipinski definition) is 8. The molecule has 1 atom stereocenters. The summed E-state index contributed by atoms with van der Waals surface area (Å²) >= 11 is 4.55. The van der Waals surface area contributed by atoms with E-state index in [9.17, 15) is 18.6 Å². The van der Waals surface area contributed by atoms with Crippen LogP contribution in [-0.4, -0.2) is 34.2 Å². The lowest BCUT2D eigenvalue weighted by Crippen LogP contribution is -2.32. The van der Waals surface area contributed by atoms with Gasteiger partial charge in [0.05, 0.1) is 19.3 Å². The average molecular weight is 359 g/mol. The second-order valence-electron chi connectivity index (χ2n) is 4.49. The fourth-order valence-electron chi connectivity index (χ4n) is 1.72. The van der Waals surface area contributed by atoms with Crippen molar-refractivity contribution < 1.29 is 31.8 Å². The van der Waals surface area contributed by atoms with E-state index in [1.165, 1.54) is 31.4 Å². The van der Waals surface area contributed by atoms with Crippen molar-refractivity contribution in [2.24, 2.45) is 0 Å². The predicted molar refractivity (Wildman–Crippen MR) is 80.2 cm³/mol. The van der Waals surface area contributed by atoms with Gasteiger partial charge >= 0.3 is 5.97 Å². The molecule has 23 heavy (non-hydrogen) atoms. The number of benzene rings is 1. The Morgan fingerprint density at radius 1 is 1.22 bits per heavy atom. The fourth-order valence-corrected chi connectivity index (χ4v) is 2.24. The van der Waals surface area contributed by atoms with E-state index >= 15 is 0 Å². The van der Waals surface area contributed by atoms with E-state index in [0.29, 0.717) is 10.6 Å². The lowest BCUT2D eigenvalue weighted by Gasteiger charge is -2.12. The largest absolute Gasteiger partial charge is 0.363 e. The van der Waals surface area contributed by atoms with Crippen LogP contribution in [-0.2, 0) is 49.6 Å². The first kappa shape index (κ1) is 17.5. The molecule has 1 aromatic carbocycles. The van der Waals surface area contributed by atoms with Crippen molar-refractivity contribution in [1.82, 2.24) is 5.06 Å². The van der Waals surface area contributed by atoms with E-state index in [-0.39, 0.29) is 25.0 Å². The quantitative estimate of drug-likeness (QED) is 0.683. The Morgan fingerprint density at radius 3 is 2.30 bits per heavy atom. The first-order chi connectivity index (χ1) is 10.8. The van der Waals surface area contributed by atoms with Crippen LogP contribution >= 0.6 is 0 Å². The molecule has 1 aliphatic rings. The molecule has 0 radical (unpaired) electrons. The van der Waals surface area contributed by atoms with Crippen molar-refractivity contribution in [3.05, 3.63) is 35.4 Å². The van der Waals surface area contributed by atoms with Crippen LogP contribution in [0.15, 0.2) is 24.3 Å². The molecular weight excluding hydrogens is 346 g/mol. The van der Waals surface area contributed by atoms with E-state index in [1.54, 1.807) is 0 Å². The molecule has 0 bridgehead atoms. The van der Waals surface area contributed by atoms with Gasteiger partial charge in [0.15, 0.2) is 0 Å². The summed E-state index contributed by atoms with van der Waals surface area (Å²) in [6.07, 6.45) is 0.0600. The highest BCUT2D eigenvalue weighted by Crippen LogP contribution is 2.15. The van der Waals surface area contributed by atoms with Gasteiger partial charge in [-0.25, -0.2) is 4.79 Å². The third-order valence-corrected chi connectivity index (χ3v) is 4.46. The molecule has 0 spiro atoms. The number of imide groups is 1. The van der Waals surface area contributed by atoms with Crippen LogP contribution in [0.3, 0.4) is 0 Å². The lowest BCUT2D eigenvalue weighted by atomic mass is 10.1. The summed E-state index contributed by atoms with van der Waals surface area (Å²) < 4.78 is 20.8. The second kappa shape index (κ2) is 7.13. The van der Waals surface area contributed by atoms with E-state index in [0.717, 1.165) is 0 Å². The van der Waals surface area contributed by atoms with E-state index in [1.807, 2.05) is 0 Å². The Balaban J connectivity index is 1.97. The molecule has 2 rings (SSSR count). The normalized spacial score (nSPS) is 17.2. The van der Waals surface area contributed by atoms with Crippen LogP contribution in [0.4, 0.5) is 0 Å². The van der Waals surface area contributed by atoms with Gasteiger partial charge in [-0.1, -0.05) is 12.1 Å². The van der Waals surface area contributed by atoms with Crippen molar-refractivity contribution in [1.29, 1.82) is 0 Å². The van der Waals surface area contributed by atoms with Crippen molar-refractivity contribution in [3.63, 3.8) is 0 Å². The van der Waals surface area contributed by atoms with Gasteiger partial charge in [0.25, 0.3) is 20.9 Å². The van der Waals surface area contributed by atoms with Crippen LogP contribution in [0.25, 0.3) is 0 Å². The van der Waals surface area contributed by atoms with Crippen molar-refractivity contribution >= 4 is 38.0 Å². The zero-order valence-corrected chi connectivity index (χ0v) is 13.7. The molecule has 1 aliphatic heterocycles. The molecule has 2 amide bonds. The third-order valence-electron chi connectivity index (χ3n) is 2.94. The highest BCUT2D eigenvalue weighted by atomic mass is 32.9. The van der Waals surface area contributed by atoms with Gasteiger partial charge in [0, 0.05) is 24.0 Å². The fraction of sp³-hybridized carbons (Fsp3) is 0.308. The number of rotatable bonds is 6. The minimum atomic E-state index is -3.21. The van der Waals surface area contributed by atoms with Crippen molar-refractivity contribution in [2.45, 2.75) is 19.4 Å². The van der Waals surface area contributed by atoms with Gasteiger partial charge < -0.3 is 4.84 Å². The van der Waals surface area contributed by atoms with Crippen LogP contribution in [0.5, 0.6) is 0 Å². The second-order valence-corrected chi connectivity index (χ2v) is 7.10. The van der Waals surface area contributed by atoms with Crippen LogP contribution in [0.1, 0.15) is 28.8 Å². The van der Waals surface area contributed by atoms with Crippen LogP contribution in [0, 0.1) is 0 Å². The summed E-state index contributed by atoms with van der Waals surface area (Å²) in [5.41, 5.74) is 0.747. The topological polar surface area (TPSA) is 99.2 Å². The standard InChI is InChI=1S/C13H13NO7S2/c1-19-23(18,22)20-8-9-2-4-10(5-3-9)13(17)21-14-11(15)6-7-12(14)16/h2-5H,6-8H2,1H3/t23-/m0/s1. The van der Waals surface area contributed by atoms with Gasteiger partial charge in [0.1, 0.15) is 0 Å². The Morgan fingerprint density at radius 2 is 1.78 bits per heavy atom. The number of amides is 2. The summed E-state index contributed by atoms with van der Waals surface area (Å²) in [5, 5.41) is 0.476. The molecule has 0 N–H and O–H groups in total. The Labute approximate surface area is 137 Å². The SMILES string of the molecule is CO[S@](=O)(=S)OCc1ccc(C(=O)ON2C(=O)CCC2=O)cc1. The molecule has 0 aliphatic carbocycles. The maximum atomic E-state index is 11.9. The smallest absolute Gasteiger partial charge is 0.325 e. The minimum Gasteiger partial charge on any atom is -0.325 e. The number of hydrogen-bond donors (Lipinski definition) is 0. The maximum Gasteiger partial charge on any atom is 0.363 e. The van der Waals surface area contributed by atoms with Crippen molar-refractivity contribution in [2.75, 3.05) is 7.11 Å². The third kappa shape index (κ3) is 4.55. The first-order valence-electron chi connectivity index (χ1n) is 6.44. The first-order valence-corrected chi connectivity index (χ1v) is 8.78. The highest BCUT2D eigenvalue weighted by Gasteiger charge is 2.33. The monoisotopic (exact) mass is 359 g/mol. The van der Waals surface area contributed by atoms with Crippen LogP contribution < -0.4 is 0 Å². The van der Waals surface area contributed by atoms with E-state index in [4.69, 9.17) is 9.02 Å². The molecule has 0 aromatic heterocycles. The van der Waals surface area contributed by atoms with Gasteiger partial charge in [-0.05, 0) is 17.7 Å². The molecule has 1 fully saturated rings. The minimum absolute atomic E-state index is 0.0300. The molecule has 10 heteroatoms. The van der Waals surface area contributed by atoms with E-state index in [2.05, 4.69) is 15.4 Å². The molecule has 1 saturated heterocycles. The number of nitrogens with zero attached hydrogens (tertiary/aromatic N) is 1. The summed E-state index contributed by atoms with van der Waals surface area (Å²) in [7, 11) is -2.04. The van der Waals surface area contributed by atoms with Gasteiger partial charge in [-0.2, -0.15) is 4.21 Å². The molecule has 1 aromatic rings. The molecule has 0 saturated carbocycles. The zero-order chi connectivity index (χ0) is 17.0. The van der Waals surface area contributed by atoms with Crippen LogP contribution in [0.2, 0.25) is 0 Å². The van der Waals surface area contributed by atoms with E-state index < -0.39 is 26.8 Å². The maximum absolute atomic E-state index is 11.9. The highest BCUT2D eigenvalue weighted by molar-refractivity contribution is 8.27. The van der Waals surface area contributed by atoms with Crippen molar-refractivity contribution in [3.8, 4) is 0 Å². The summed E-state index contributed by atoms with van der Waals surface area (Å²) in [6.45, 7) is -0.0609. The number of carbonyl (C=O) groups is 3. The van der Waals surface area contributed by atoms with Gasteiger partial charge in [-0.15, -0.1) is 5.06 Å². The molecule has 124 valence electrons. The Kier molecular flexibility index (Phi) is 5.42. The van der Waals surface area contributed by atoms with Gasteiger partial charge in [0.2, 0.25) is 0 Å². The lowest BCUT2D eigenvalue weighted by molar-refractivity contribution is -0.172. The molecule has 0 unspecified atom stereocenters. The summed E-state index contributed by atoms with van der Waals surface area (Å²) in [5.74, 6) is -1.92. The average Bonchev–Trinajstić information content (AvgIpc) is 2.85. The predicted octanol–water partition coefficient (Wildman–Crippen LogP) is 0.647.